The van der Waals surface area contributed by atoms with Crippen molar-refractivity contribution in [3.05, 3.63) is 28.8 Å². The van der Waals surface area contributed by atoms with E-state index in [9.17, 15) is 0 Å². The maximum Gasteiger partial charge on any atom is 0.0642 e. The van der Waals surface area contributed by atoms with Gasteiger partial charge in [-0.05, 0) is 37.5 Å². The summed E-state index contributed by atoms with van der Waals surface area (Å²) >= 11 is 12.1. The molecule has 0 saturated heterocycles. The maximum absolute atomic E-state index is 6.33. The van der Waals surface area contributed by atoms with Crippen molar-refractivity contribution in [3.63, 3.8) is 0 Å². The lowest BCUT2D eigenvalue weighted by Gasteiger charge is -2.31. The Balaban J connectivity index is 3.01. The second-order valence-corrected chi connectivity index (χ2v) is 5.73. The standard InChI is InChI=1S/C14H21Cl2N/c1-10(2)9-17(11(3)4)14-6-5-12(8-15)7-13(14)16/h5-7,10-11H,8-9H2,1-4H3. The molecule has 1 aromatic carbocycles. The largest absolute Gasteiger partial charge is 0.368 e. The smallest absolute Gasteiger partial charge is 0.0642 e. The van der Waals surface area contributed by atoms with Crippen LogP contribution in [0.1, 0.15) is 33.3 Å². The predicted molar refractivity (Wildman–Crippen MR) is 78.3 cm³/mol. The van der Waals surface area contributed by atoms with Crippen molar-refractivity contribution in [1.29, 1.82) is 0 Å². The van der Waals surface area contributed by atoms with E-state index in [4.69, 9.17) is 23.2 Å². The lowest BCUT2D eigenvalue weighted by Crippen LogP contribution is -2.34. The Morgan fingerprint density at radius 1 is 1.18 bits per heavy atom. The molecule has 1 rings (SSSR count). The van der Waals surface area contributed by atoms with E-state index < -0.39 is 0 Å². The van der Waals surface area contributed by atoms with Gasteiger partial charge in [-0.3, -0.25) is 0 Å². The minimum atomic E-state index is 0.441. The summed E-state index contributed by atoms with van der Waals surface area (Å²) in [4.78, 5) is 2.34. The van der Waals surface area contributed by atoms with E-state index in [1.54, 1.807) is 0 Å². The molecule has 1 aromatic rings. The van der Waals surface area contributed by atoms with Gasteiger partial charge < -0.3 is 4.90 Å². The molecule has 0 saturated carbocycles. The molecule has 0 radical (unpaired) electrons. The minimum absolute atomic E-state index is 0.441. The van der Waals surface area contributed by atoms with Crippen LogP contribution in [0.5, 0.6) is 0 Å². The number of rotatable bonds is 5. The van der Waals surface area contributed by atoms with E-state index in [-0.39, 0.29) is 0 Å². The minimum Gasteiger partial charge on any atom is -0.368 e. The quantitative estimate of drug-likeness (QED) is 0.687. The predicted octanol–water partition coefficient (Wildman–Crippen LogP) is 4.95. The van der Waals surface area contributed by atoms with Crippen molar-refractivity contribution in [2.75, 3.05) is 11.4 Å². The van der Waals surface area contributed by atoms with Gasteiger partial charge in [0.2, 0.25) is 0 Å². The highest BCUT2D eigenvalue weighted by Crippen LogP contribution is 2.29. The fourth-order valence-corrected chi connectivity index (χ4v) is 2.33. The van der Waals surface area contributed by atoms with Gasteiger partial charge in [-0.2, -0.15) is 0 Å². The number of hydrogen-bond donors (Lipinski definition) is 0. The molecular weight excluding hydrogens is 253 g/mol. The average Bonchev–Trinajstić information content (AvgIpc) is 2.25. The van der Waals surface area contributed by atoms with Crippen LogP contribution in [0.15, 0.2) is 18.2 Å². The summed E-state index contributed by atoms with van der Waals surface area (Å²) in [7, 11) is 0. The molecule has 0 spiro atoms. The Morgan fingerprint density at radius 3 is 2.24 bits per heavy atom. The number of nitrogens with zero attached hydrogens (tertiary/aromatic N) is 1. The molecule has 0 atom stereocenters. The highest BCUT2D eigenvalue weighted by Gasteiger charge is 2.15. The van der Waals surface area contributed by atoms with E-state index in [2.05, 4.69) is 38.7 Å². The van der Waals surface area contributed by atoms with Gasteiger partial charge in [0.15, 0.2) is 0 Å². The molecule has 17 heavy (non-hydrogen) atoms. The first-order valence-electron chi connectivity index (χ1n) is 6.06. The van der Waals surface area contributed by atoms with Crippen LogP contribution in [0.2, 0.25) is 5.02 Å². The highest BCUT2D eigenvalue weighted by molar-refractivity contribution is 6.33. The molecule has 0 amide bonds. The number of hydrogen-bond acceptors (Lipinski definition) is 1. The summed E-state index contributed by atoms with van der Waals surface area (Å²) in [5.41, 5.74) is 2.16. The third-order valence-electron chi connectivity index (χ3n) is 2.66. The first-order valence-corrected chi connectivity index (χ1v) is 6.98. The summed E-state index contributed by atoms with van der Waals surface area (Å²) in [6.45, 7) is 9.83. The van der Waals surface area contributed by atoms with Crippen LogP contribution in [-0.2, 0) is 5.88 Å². The van der Waals surface area contributed by atoms with Gasteiger partial charge in [-0.25, -0.2) is 0 Å². The van der Waals surface area contributed by atoms with Crippen LogP contribution in [0, 0.1) is 5.92 Å². The fourth-order valence-electron chi connectivity index (χ4n) is 1.85. The van der Waals surface area contributed by atoms with Crippen LogP contribution in [0.3, 0.4) is 0 Å². The third-order valence-corrected chi connectivity index (χ3v) is 3.27. The molecule has 0 aliphatic rings. The van der Waals surface area contributed by atoms with Gasteiger partial charge in [0.05, 0.1) is 10.7 Å². The normalized spacial score (nSPS) is 11.3. The number of alkyl halides is 1. The SMILES string of the molecule is CC(C)CN(c1ccc(CCl)cc1Cl)C(C)C. The van der Waals surface area contributed by atoms with Gasteiger partial charge in [-0.1, -0.05) is 31.5 Å². The summed E-state index contributed by atoms with van der Waals surface area (Å²) in [5.74, 6) is 1.12. The Hall–Kier alpha value is -0.400. The zero-order valence-corrected chi connectivity index (χ0v) is 12.5. The van der Waals surface area contributed by atoms with Crippen molar-refractivity contribution in [1.82, 2.24) is 0 Å². The summed E-state index contributed by atoms with van der Waals surface area (Å²) < 4.78 is 0. The van der Waals surface area contributed by atoms with Crippen LogP contribution < -0.4 is 4.90 Å². The molecule has 0 bridgehead atoms. The van der Waals surface area contributed by atoms with Crippen molar-refractivity contribution < 1.29 is 0 Å². The Bertz CT molecular complexity index is 361. The van der Waals surface area contributed by atoms with Gasteiger partial charge in [0.1, 0.15) is 0 Å². The lowest BCUT2D eigenvalue weighted by atomic mass is 10.1. The van der Waals surface area contributed by atoms with Crippen LogP contribution in [0.25, 0.3) is 0 Å². The zero-order chi connectivity index (χ0) is 13.0. The van der Waals surface area contributed by atoms with E-state index in [1.807, 2.05) is 12.1 Å². The van der Waals surface area contributed by atoms with Crippen molar-refractivity contribution in [3.8, 4) is 0 Å². The molecule has 0 heterocycles. The third kappa shape index (κ3) is 4.08. The van der Waals surface area contributed by atoms with E-state index >= 15 is 0 Å². The van der Waals surface area contributed by atoms with Crippen molar-refractivity contribution in [2.24, 2.45) is 5.92 Å². The first kappa shape index (κ1) is 14.7. The van der Waals surface area contributed by atoms with E-state index in [1.165, 1.54) is 0 Å². The van der Waals surface area contributed by atoms with Gasteiger partial charge in [0, 0.05) is 18.5 Å². The number of benzene rings is 1. The molecule has 96 valence electrons. The Kier molecular flexibility index (Phi) is 5.61. The lowest BCUT2D eigenvalue weighted by molar-refractivity contribution is 0.571. The Labute approximate surface area is 115 Å². The molecule has 1 nitrogen and oxygen atoms in total. The molecule has 0 aromatic heterocycles. The van der Waals surface area contributed by atoms with E-state index in [0.29, 0.717) is 17.8 Å². The maximum atomic E-state index is 6.33. The van der Waals surface area contributed by atoms with Gasteiger partial charge in [-0.15, -0.1) is 11.6 Å². The fraction of sp³-hybridized carbons (Fsp3) is 0.571. The van der Waals surface area contributed by atoms with Crippen molar-refractivity contribution in [2.45, 2.75) is 39.6 Å². The van der Waals surface area contributed by atoms with Crippen LogP contribution in [-0.4, -0.2) is 12.6 Å². The molecule has 0 N–H and O–H groups in total. The monoisotopic (exact) mass is 273 g/mol. The molecule has 3 heteroatoms. The molecule has 0 fully saturated rings. The number of anilines is 1. The second kappa shape index (κ2) is 6.51. The topological polar surface area (TPSA) is 3.24 Å². The van der Waals surface area contributed by atoms with E-state index in [0.717, 1.165) is 22.8 Å². The van der Waals surface area contributed by atoms with Gasteiger partial charge in [0.25, 0.3) is 0 Å². The molecule has 0 aliphatic heterocycles. The van der Waals surface area contributed by atoms with Crippen LogP contribution >= 0.6 is 23.2 Å². The molecule has 0 aliphatic carbocycles. The van der Waals surface area contributed by atoms with Gasteiger partial charge >= 0.3 is 0 Å². The van der Waals surface area contributed by atoms with Crippen LogP contribution in [0.4, 0.5) is 5.69 Å². The Morgan fingerprint density at radius 2 is 1.82 bits per heavy atom. The average molecular weight is 274 g/mol. The molecule has 0 unspecified atom stereocenters. The first-order chi connectivity index (χ1) is 7.95. The van der Waals surface area contributed by atoms with Crippen molar-refractivity contribution >= 4 is 28.9 Å². The summed E-state index contributed by atoms with van der Waals surface area (Å²) in [6.07, 6.45) is 0. The molecular formula is C14H21Cl2N. The second-order valence-electron chi connectivity index (χ2n) is 5.06. The number of halogens is 2. The summed E-state index contributed by atoms with van der Waals surface area (Å²) in [6, 6.07) is 6.52. The zero-order valence-electron chi connectivity index (χ0n) is 11.0. The highest BCUT2D eigenvalue weighted by atomic mass is 35.5. The summed E-state index contributed by atoms with van der Waals surface area (Å²) in [5, 5.41) is 0.789.